The van der Waals surface area contributed by atoms with Crippen LogP contribution >= 0.6 is 0 Å². The number of amides is 1. The molecule has 0 aliphatic carbocycles. The monoisotopic (exact) mass is 367 g/mol. The van der Waals surface area contributed by atoms with Crippen molar-refractivity contribution < 1.29 is 14.3 Å². The molecule has 0 atom stereocenters. The number of nitrogens with one attached hydrogen (secondary N) is 1. The first-order valence-electron chi connectivity index (χ1n) is 9.22. The summed E-state index contributed by atoms with van der Waals surface area (Å²) in [7, 11) is 0. The van der Waals surface area contributed by atoms with Crippen LogP contribution in [-0.2, 0) is 6.42 Å². The molecule has 0 bridgehead atoms. The summed E-state index contributed by atoms with van der Waals surface area (Å²) in [5, 5.41) is 2.93. The van der Waals surface area contributed by atoms with Gasteiger partial charge in [0.15, 0.2) is 11.5 Å². The highest BCUT2D eigenvalue weighted by atomic mass is 16.5. The second-order valence-electron chi connectivity index (χ2n) is 6.25. The van der Waals surface area contributed by atoms with Crippen molar-refractivity contribution in [3.8, 4) is 11.5 Å². The molecule has 2 heterocycles. The van der Waals surface area contributed by atoms with Crippen molar-refractivity contribution in [3.05, 3.63) is 59.5 Å². The lowest BCUT2D eigenvalue weighted by atomic mass is 10.1. The maximum atomic E-state index is 12.4. The molecule has 1 N–H and O–H groups in total. The maximum absolute atomic E-state index is 12.4. The van der Waals surface area contributed by atoms with Gasteiger partial charge in [0.1, 0.15) is 11.3 Å². The molecule has 27 heavy (non-hydrogen) atoms. The minimum Gasteiger partial charge on any atom is -0.490 e. The normalized spacial score (nSPS) is 10.8. The summed E-state index contributed by atoms with van der Waals surface area (Å²) in [4.78, 5) is 16.8. The van der Waals surface area contributed by atoms with Gasteiger partial charge in [-0.05, 0) is 62.6 Å². The van der Waals surface area contributed by atoms with E-state index in [9.17, 15) is 4.79 Å². The molecule has 0 saturated carbocycles. The summed E-state index contributed by atoms with van der Waals surface area (Å²) in [6.07, 6.45) is 4.35. The van der Waals surface area contributed by atoms with Crippen molar-refractivity contribution in [2.75, 3.05) is 19.8 Å². The first kappa shape index (κ1) is 18.8. The van der Waals surface area contributed by atoms with Gasteiger partial charge in [-0.25, -0.2) is 4.98 Å². The van der Waals surface area contributed by atoms with Gasteiger partial charge < -0.3 is 19.2 Å². The van der Waals surface area contributed by atoms with Gasteiger partial charge in [-0.1, -0.05) is 6.07 Å². The molecule has 1 amide bonds. The Bertz CT molecular complexity index is 934. The van der Waals surface area contributed by atoms with E-state index in [1.807, 2.05) is 61.7 Å². The van der Waals surface area contributed by atoms with Gasteiger partial charge >= 0.3 is 0 Å². The molecule has 1 aromatic carbocycles. The summed E-state index contributed by atoms with van der Waals surface area (Å²) in [6, 6.07) is 9.81. The first-order valence-corrected chi connectivity index (χ1v) is 9.22. The number of carbonyl (C=O) groups is 1. The molecule has 142 valence electrons. The molecular formula is C21H25N3O3. The van der Waals surface area contributed by atoms with E-state index in [1.54, 1.807) is 6.20 Å². The van der Waals surface area contributed by atoms with Crippen LogP contribution < -0.4 is 14.8 Å². The third-order valence-corrected chi connectivity index (χ3v) is 4.16. The number of benzene rings is 1. The largest absolute Gasteiger partial charge is 0.490 e. The Balaban J connectivity index is 1.61. The Kier molecular flexibility index (Phi) is 5.96. The number of pyridine rings is 1. The van der Waals surface area contributed by atoms with E-state index < -0.39 is 0 Å². The molecule has 2 aromatic heterocycles. The molecule has 6 heteroatoms. The average molecular weight is 367 g/mol. The minimum absolute atomic E-state index is 0.174. The summed E-state index contributed by atoms with van der Waals surface area (Å²) >= 11 is 0. The number of imidazole rings is 1. The maximum Gasteiger partial charge on any atom is 0.271 e. The number of aryl methyl sites for hydroxylation is 1. The predicted molar refractivity (Wildman–Crippen MR) is 105 cm³/mol. The van der Waals surface area contributed by atoms with Crippen molar-refractivity contribution in [3.63, 3.8) is 0 Å². The zero-order valence-corrected chi connectivity index (χ0v) is 16.0. The molecule has 0 aliphatic heterocycles. The molecule has 0 radical (unpaired) electrons. The summed E-state index contributed by atoms with van der Waals surface area (Å²) in [5.41, 5.74) is 3.38. The molecule has 3 aromatic rings. The third kappa shape index (κ3) is 4.58. The molecular weight excluding hydrogens is 342 g/mol. The van der Waals surface area contributed by atoms with E-state index in [0.717, 1.165) is 28.3 Å². The van der Waals surface area contributed by atoms with Crippen LogP contribution in [0.4, 0.5) is 0 Å². The third-order valence-electron chi connectivity index (χ3n) is 4.16. The second kappa shape index (κ2) is 8.58. The van der Waals surface area contributed by atoms with Crippen molar-refractivity contribution in [1.29, 1.82) is 0 Å². The number of hydrogen-bond acceptors (Lipinski definition) is 4. The number of hydrogen-bond donors (Lipinski definition) is 1. The fraction of sp³-hybridized carbons (Fsp3) is 0.333. The molecule has 0 unspecified atom stereocenters. The van der Waals surface area contributed by atoms with Crippen LogP contribution in [0, 0.1) is 6.92 Å². The zero-order valence-electron chi connectivity index (χ0n) is 16.0. The van der Waals surface area contributed by atoms with E-state index in [-0.39, 0.29) is 5.91 Å². The molecule has 0 aliphatic rings. The van der Waals surface area contributed by atoms with Gasteiger partial charge in [-0.3, -0.25) is 4.79 Å². The van der Waals surface area contributed by atoms with Gasteiger partial charge in [-0.15, -0.1) is 0 Å². The van der Waals surface area contributed by atoms with Crippen LogP contribution in [-0.4, -0.2) is 35.1 Å². The minimum atomic E-state index is -0.174. The van der Waals surface area contributed by atoms with Gasteiger partial charge in [0, 0.05) is 18.9 Å². The Hall–Kier alpha value is -3.02. The lowest BCUT2D eigenvalue weighted by Crippen LogP contribution is -2.26. The highest BCUT2D eigenvalue weighted by Crippen LogP contribution is 2.28. The van der Waals surface area contributed by atoms with Crippen LogP contribution in [0.2, 0.25) is 0 Å². The van der Waals surface area contributed by atoms with Crippen LogP contribution in [0.1, 0.15) is 35.5 Å². The topological polar surface area (TPSA) is 64.9 Å². The number of fused-ring (bicyclic) bond motifs is 1. The number of rotatable bonds is 8. The number of nitrogens with zero attached hydrogens (tertiary/aromatic N) is 2. The molecule has 0 spiro atoms. The van der Waals surface area contributed by atoms with Crippen molar-refractivity contribution in [1.82, 2.24) is 14.7 Å². The summed E-state index contributed by atoms with van der Waals surface area (Å²) in [6.45, 7) is 7.58. The predicted octanol–water partition coefficient (Wildman–Crippen LogP) is 3.41. The molecule has 6 nitrogen and oxygen atoms in total. The van der Waals surface area contributed by atoms with E-state index in [0.29, 0.717) is 31.9 Å². The van der Waals surface area contributed by atoms with Gasteiger partial charge in [0.2, 0.25) is 0 Å². The van der Waals surface area contributed by atoms with Gasteiger partial charge in [-0.2, -0.15) is 0 Å². The van der Waals surface area contributed by atoms with Crippen LogP contribution in [0.15, 0.2) is 42.7 Å². The van der Waals surface area contributed by atoms with E-state index in [4.69, 9.17) is 9.47 Å². The highest BCUT2D eigenvalue weighted by molar-refractivity contribution is 5.92. The Morgan fingerprint density at radius 1 is 1.11 bits per heavy atom. The van der Waals surface area contributed by atoms with Crippen molar-refractivity contribution >= 4 is 11.6 Å². The smallest absolute Gasteiger partial charge is 0.271 e. The fourth-order valence-corrected chi connectivity index (χ4v) is 2.86. The van der Waals surface area contributed by atoms with E-state index in [2.05, 4.69) is 10.3 Å². The summed E-state index contributed by atoms with van der Waals surface area (Å²) < 4.78 is 13.1. The number of aromatic nitrogens is 2. The quantitative estimate of drug-likeness (QED) is 0.663. The van der Waals surface area contributed by atoms with E-state index >= 15 is 0 Å². The average Bonchev–Trinajstić information content (AvgIpc) is 3.07. The fourth-order valence-electron chi connectivity index (χ4n) is 2.86. The van der Waals surface area contributed by atoms with E-state index in [1.165, 1.54) is 0 Å². The molecule has 3 rings (SSSR count). The summed E-state index contributed by atoms with van der Waals surface area (Å²) in [5.74, 6) is 1.30. The first-order chi connectivity index (χ1) is 13.1. The van der Waals surface area contributed by atoms with Gasteiger partial charge in [0.05, 0.1) is 13.2 Å². The number of carbonyl (C=O) groups excluding carboxylic acids is 1. The number of ether oxygens (including phenoxy) is 2. The molecule has 0 fully saturated rings. The lowest BCUT2D eigenvalue weighted by Gasteiger charge is -2.12. The zero-order chi connectivity index (χ0) is 19.2. The van der Waals surface area contributed by atoms with Crippen LogP contribution in [0.3, 0.4) is 0 Å². The Morgan fingerprint density at radius 3 is 2.67 bits per heavy atom. The van der Waals surface area contributed by atoms with Crippen LogP contribution in [0.5, 0.6) is 11.5 Å². The Labute approximate surface area is 159 Å². The second-order valence-corrected chi connectivity index (χ2v) is 6.25. The Morgan fingerprint density at radius 2 is 1.89 bits per heavy atom. The standard InChI is InChI=1S/C21H25N3O3/c1-4-26-18-7-6-16(13-19(18)27-5-2)8-10-22-21(25)17-14-24-11-9-15(3)12-20(24)23-17/h6-7,9,11-14H,4-5,8,10H2,1-3H3,(H,22,25). The van der Waals surface area contributed by atoms with Crippen molar-refractivity contribution in [2.24, 2.45) is 0 Å². The van der Waals surface area contributed by atoms with Gasteiger partial charge in [0.25, 0.3) is 5.91 Å². The molecule has 0 saturated heterocycles. The van der Waals surface area contributed by atoms with Crippen LogP contribution in [0.25, 0.3) is 5.65 Å². The lowest BCUT2D eigenvalue weighted by molar-refractivity contribution is 0.0949. The SMILES string of the molecule is CCOc1ccc(CCNC(=O)c2cn3ccc(C)cc3n2)cc1OCC. The van der Waals surface area contributed by atoms with Crippen molar-refractivity contribution in [2.45, 2.75) is 27.2 Å². The highest BCUT2D eigenvalue weighted by Gasteiger charge is 2.11.